The zero-order chi connectivity index (χ0) is 22.4. The first kappa shape index (κ1) is 22.2. The van der Waals surface area contributed by atoms with Crippen molar-refractivity contribution in [3.05, 3.63) is 52.9 Å². The standard InChI is InChI=1S/C22H22N2O6S/c1-28-16-7-5-4-6-15(16)23-20(25)10-11-24-21(26)19(31-22(24)27)13-14-8-9-17(29-2)18(12-14)30-3/h4-9,12-13H,10-11H2,1-3H3,(H,23,25)/b19-13+. The highest BCUT2D eigenvalue weighted by Crippen LogP contribution is 2.34. The van der Waals surface area contributed by atoms with Crippen molar-refractivity contribution in [3.63, 3.8) is 0 Å². The number of methoxy groups -OCH3 is 3. The van der Waals surface area contributed by atoms with E-state index in [1.165, 1.54) is 21.3 Å². The van der Waals surface area contributed by atoms with Crippen LogP contribution >= 0.6 is 11.8 Å². The number of thioether (sulfide) groups is 1. The first-order valence-electron chi connectivity index (χ1n) is 9.37. The van der Waals surface area contributed by atoms with Crippen LogP contribution in [0.3, 0.4) is 0 Å². The van der Waals surface area contributed by atoms with Crippen molar-refractivity contribution in [1.82, 2.24) is 4.90 Å². The number of rotatable bonds is 8. The van der Waals surface area contributed by atoms with Gasteiger partial charge in [-0.3, -0.25) is 19.3 Å². The third-order valence-electron chi connectivity index (χ3n) is 4.52. The van der Waals surface area contributed by atoms with Gasteiger partial charge in [0.05, 0.1) is 31.9 Å². The van der Waals surface area contributed by atoms with E-state index in [0.717, 1.165) is 16.7 Å². The molecule has 1 aliphatic rings. The summed E-state index contributed by atoms with van der Waals surface area (Å²) in [6.45, 7) is -0.0189. The van der Waals surface area contributed by atoms with Crippen molar-refractivity contribution in [3.8, 4) is 17.2 Å². The summed E-state index contributed by atoms with van der Waals surface area (Å²) in [5, 5.41) is 2.31. The van der Waals surface area contributed by atoms with Gasteiger partial charge in [0, 0.05) is 13.0 Å². The third kappa shape index (κ3) is 5.18. The van der Waals surface area contributed by atoms with Gasteiger partial charge in [-0.1, -0.05) is 18.2 Å². The molecule has 1 aliphatic heterocycles. The molecule has 2 aromatic carbocycles. The first-order chi connectivity index (χ1) is 15.0. The molecule has 9 heteroatoms. The monoisotopic (exact) mass is 442 g/mol. The fraction of sp³-hybridized carbons (Fsp3) is 0.227. The maximum atomic E-state index is 12.7. The second-order valence-electron chi connectivity index (χ2n) is 6.45. The predicted molar refractivity (Wildman–Crippen MR) is 118 cm³/mol. The summed E-state index contributed by atoms with van der Waals surface area (Å²) in [4.78, 5) is 38.6. The highest BCUT2D eigenvalue weighted by Gasteiger charge is 2.35. The molecular formula is C22H22N2O6S. The van der Waals surface area contributed by atoms with Gasteiger partial charge in [-0.2, -0.15) is 0 Å². The second-order valence-corrected chi connectivity index (χ2v) is 7.44. The van der Waals surface area contributed by atoms with Crippen LogP contribution in [0.4, 0.5) is 10.5 Å². The molecular weight excluding hydrogens is 420 g/mol. The minimum atomic E-state index is -0.435. The van der Waals surface area contributed by atoms with E-state index in [1.807, 2.05) is 0 Å². The Balaban J connectivity index is 1.65. The number of para-hydroxylation sites is 2. The summed E-state index contributed by atoms with van der Waals surface area (Å²) < 4.78 is 15.7. The topological polar surface area (TPSA) is 94.2 Å². The van der Waals surface area contributed by atoms with Gasteiger partial charge in [0.1, 0.15) is 5.75 Å². The van der Waals surface area contributed by atoms with Crippen LogP contribution in [0.5, 0.6) is 17.2 Å². The highest BCUT2D eigenvalue weighted by atomic mass is 32.2. The van der Waals surface area contributed by atoms with Crippen LogP contribution in [-0.2, 0) is 9.59 Å². The highest BCUT2D eigenvalue weighted by molar-refractivity contribution is 8.18. The van der Waals surface area contributed by atoms with Crippen molar-refractivity contribution in [1.29, 1.82) is 0 Å². The number of anilines is 1. The predicted octanol–water partition coefficient (Wildman–Crippen LogP) is 3.78. The van der Waals surface area contributed by atoms with Gasteiger partial charge in [0.25, 0.3) is 11.1 Å². The smallest absolute Gasteiger partial charge is 0.293 e. The summed E-state index contributed by atoms with van der Waals surface area (Å²) in [6.07, 6.45) is 1.58. The Kier molecular flexibility index (Phi) is 7.19. The Morgan fingerprint density at radius 1 is 1.00 bits per heavy atom. The third-order valence-corrected chi connectivity index (χ3v) is 5.43. The van der Waals surface area contributed by atoms with E-state index in [1.54, 1.807) is 48.5 Å². The van der Waals surface area contributed by atoms with E-state index in [-0.39, 0.29) is 23.8 Å². The van der Waals surface area contributed by atoms with Crippen LogP contribution in [0.1, 0.15) is 12.0 Å². The minimum absolute atomic E-state index is 0.0189. The number of ether oxygens (including phenoxy) is 3. The maximum absolute atomic E-state index is 12.7. The molecule has 0 radical (unpaired) electrons. The summed E-state index contributed by atoms with van der Waals surface area (Å²) in [5.41, 5.74) is 1.22. The van der Waals surface area contributed by atoms with Gasteiger partial charge in [0.2, 0.25) is 5.91 Å². The number of nitrogens with zero attached hydrogens (tertiary/aromatic N) is 1. The van der Waals surface area contributed by atoms with Gasteiger partial charge < -0.3 is 19.5 Å². The van der Waals surface area contributed by atoms with E-state index in [0.29, 0.717) is 28.5 Å². The molecule has 8 nitrogen and oxygen atoms in total. The van der Waals surface area contributed by atoms with Crippen LogP contribution in [0.2, 0.25) is 0 Å². The molecule has 0 atom stereocenters. The lowest BCUT2D eigenvalue weighted by Crippen LogP contribution is -2.31. The molecule has 1 N–H and O–H groups in total. The van der Waals surface area contributed by atoms with Gasteiger partial charge >= 0.3 is 0 Å². The molecule has 0 saturated carbocycles. The molecule has 0 aromatic heterocycles. The van der Waals surface area contributed by atoms with Crippen molar-refractivity contribution < 1.29 is 28.6 Å². The average Bonchev–Trinajstić information content (AvgIpc) is 3.04. The minimum Gasteiger partial charge on any atom is -0.495 e. The molecule has 1 heterocycles. The van der Waals surface area contributed by atoms with Crippen molar-refractivity contribution >= 4 is 40.6 Å². The van der Waals surface area contributed by atoms with Crippen LogP contribution in [-0.4, -0.2) is 49.8 Å². The Labute approximate surface area is 184 Å². The molecule has 31 heavy (non-hydrogen) atoms. The Morgan fingerprint density at radius 2 is 1.71 bits per heavy atom. The lowest BCUT2D eigenvalue weighted by molar-refractivity contribution is -0.123. The van der Waals surface area contributed by atoms with E-state index in [4.69, 9.17) is 14.2 Å². The largest absolute Gasteiger partial charge is 0.495 e. The van der Waals surface area contributed by atoms with Gasteiger partial charge in [-0.25, -0.2) is 0 Å². The van der Waals surface area contributed by atoms with Gasteiger partial charge in [-0.15, -0.1) is 0 Å². The summed E-state index contributed by atoms with van der Waals surface area (Å²) in [7, 11) is 4.56. The molecule has 1 saturated heterocycles. The Morgan fingerprint density at radius 3 is 2.42 bits per heavy atom. The molecule has 2 aromatic rings. The van der Waals surface area contributed by atoms with Crippen LogP contribution in [0.25, 0.3) is 6.08 Å². The summed E-state index contributed by atoms with van der Waals surface area (Å²) in [5.74, 6) is 0.847. The number of imide groups is 1. The van der Waals surface area contributed by atoms with E-state index in [2.05, 4.69) is 5.32 Å². The zero-order valence-corrected chi connectivity index (χ0v) is 18.2. The number of hydrogen-bond acceptors (Lipinski definition) is 7. The number of benzene rings is 2. The van der Waals surface area contributed by atoms with E-state index >= 15 is 0 Å². The number of carbonyl (C=O) groups is 3. The SMILES string of the molecule is COc1ccccc1NC(=O)CCN1C(=O)S/C(=C/c2ccc(OC)c(OC)c2)C1=O. The fourth-order valence-corrected chi connectivity index (χ4v) is 3.83. The number of carbonyl (C=O) groups excluding carboxylic acids is 3. The van der Waals surface area contributed by atoms with Crippen LogP contribution < -0.4 is 19.5 Å². The van der Waals surface area contributed by atoms with E-state index in [9.17, 15) is 14.4 Å². The molecule has 3 amide bonds. The lowest BCUT2D eigenvalue weighted by atomic mass is 10.2. The molecule has 162 valence electrons. The molecule has 0 bridgehead atoms. The van der Waals surface area contributed by atoms with Gasteiger partial charge in [-0.05, 0) is 47.7 Å². The van der Waals surface area contributed by atoms with Crippen molar-refractivity contribution in [2.45, 2.75) is 6.42 Å². The number of hydrogen-bond donors (Lipinski definition) is 1. The first-order valence-corrected chi connectivity index (χ1v) is 10.2. The Bertz CT molecular complexity index is 1040. The molecule has 0 unspecified atom stereocenters. The summed E-state index contributed by atoms with van der Waals surface area (Å²) in [6, 6.07) is 12.2. The average molecular weight is 442 g/mol. The molecule has 1 fully saturated rings. The normalized spacial score (nSPS) is 14.7. The lowest BCUT2D eigenvalue weighted by Gasteiger charge is -2.13. The van der Waals surface area contributed by atoms with Crippen molar-refractivity contribution in [2.24, 2.45) is 0 Å². The van der Waals surface area contributed by atoms with E-state index < -0.39 is 11.1 Å². The molecule has 0 aliphatic carbocycles. The number of nitrogens with one attached hydrogen (secondary N) is 1. The fourth-order valence-electron chi connectivity index (χ4n) is 2.96. The van der Waals surface area contributed by atoms with Crippen LogP contribution in [0, 0.1) is 0 Å². The number of amides is 3. The van der Waals surface area contributed by atoms with Crippen LogP contribution in [0.15, 0.2) is 47.4 Å². The van der Waals surface area contributed by atoms with Crippen molar-refractivity contribution in [2.75, 3.05) is 33.2 Å². The summed E-state index contributed by atoms with van der Waals surface area (Å²) >= 11 is 0.837. The quantitative estimate of drug-likeness (QED) is 0.622. The molecule has 0 spiro atoms. The maximum Gasteiger partial charge on any atom is 0.293 e. The Hall–Kier alpha value is -3.46. The second kappa shape index (κ2) is 10.0. The van der Waals surface area contributed by atoms with Gasteiger partial charge in [0.15, 0.2) is 11.5 Å². The molecule has 3 rings (SSSR count). The zero-order valence-electron chi connectivity index (χ0n) is 17.3.